The highest BCUT2D eigenvalue weighted by Gasteiger charge is 2.07. The molecule has 0 saturated heterocycles. The van der Waals surface area contributed by atoms with E-state index in [0.29, 0.717) is 17.8 Å². The Labute approximate surface area is 98.5 Å². The van der Waals surface area contributed by atoms with Crippen molar-refractivity contribution in [3.05, 3.63) is 12.7 Å². The van der Waals surface area contributed by atoms with Crippen molar-refractivity contribution >= 4 is 11.9 Å². The van der Waals surface area contributed by atoms with Gasteiger partial charge in [-0.1, -0.05) is 0 Å². The Kier molecular flexibility index (Phi) is 3.43. The van der Waals surface area contributed by atoms with Gasteiger partial charge in [0.2, 0.25) is 11.9 Å². The lowest BCUT2D eigenvalue weighted by Crippen LogP contribution is -2.12. The maximum Gasteiger partial charge on any atom is 0.258 e. The molecular formula is C9H14N8. The average Bonchev–Trinajstić information content (AvgIpc) is 2.83. The van der Waals surface area contributed by atoms with Crippen LogP contribution < -0.4 is 10.6 Å². The van der Waals surface area contributed by atoms with Gasteiger partial charge in [-0.25, -0.2) is 4.98 Å². The molecule has 8 nitrogen and oxygen atoms in total. The Hall–Kier alpha value is -2.25. The first kappa shape index (κ1) is 11.2. The third-order valence-corrected chi connectivity index (χ3v) is 1.92. The van der Waals surface area contributed by atoms with Gasteiger partial charge in [0.15, 0.2) is 0 Å². The van der Waals surface area contributed by atoms with E-state index in [1.54, 1.807) is 6.33 Å². The van der Waals surface area contributed by atoms with Crippen LogP contribution >= 0.6 is 0 Å². The molecule has 0 radical (unpaired) electrons. The largest absolute Gasteiger partial charge is 0.354 e. The molecule has 0 atom stereocenters. The van der Waals surface area contributed by atoms with Crippen LogP contribution in [0.3, 0.4) is 0 Å². The van der Waals surface area contributed by atoms with Crippen LogP contribution in [-0.2, 0) is 0 Å². The summed E-state index contributed by atoms with van der Waals surface area (Å²) in [6.07, 6.45) is 2.98. The Morgan fingerprint density at radius 2 is 1.71 bits per heavy atom. The summed E-state index contributed by atoms with van der Waals surface area (Å²) in [6, 6.07) is 0. The molecule has 0 bridgehead atoms. The van der Waals surface area contributed by atoms with Gasteiger partial charge in [0, 0.05) is 13.1 Å². The van der Waals surface area contributed by atoms with E-state index in [1.807, 2.05) is 13.8 Å². The molecule has 0 spiro atoms. The lowest BCUT2D eigenvalue weighted by Gasteiger charge is -2.07. The Bertz CT molecular complexity index is 442. The minimum absolute atomic E-state index is 0.435. The first-order valence-electron chi connectivity index (χ1n) is 5.42. The lowest BCUT2D eigenvalue weighted by atomic mass is 10.7. The van der Waals surface area contributed by atoms with E-state index in [2.05, 4.69) is 35.7 Å². The second-order valence-electron chi connectivity index (χ2n) is 3.18. The molecule has 0 aliphatic carbocycles. The predicted molar refractivity (Wildman–Crippen MR) is 63.1 cm³/mol. The van der Waals surface area contributed by atoms with E-state index in [0.717, 1.165) is 13.1 Å². The number of anilines is 2. The molecular weight excluding hydrogens is 220 g/mol. The van der Waals surface area contributed by atoms with Crippen molar-refractivity contribution < 1.29 is 0 Å². The van der Waals surface area contributed by atoms with Crippen LogP contribution in [0.4, 0.5) is 11.9 Å². The fourth-order valence-electron chi connectivity index (χ4n) is 1.25. The fraction of sp³-hybridized carbons (Fsp3) is 0.444. The first-order valence-corrected chi connectivity index (χ1v) is 5.42. The molecule has 0 saturated carbocycles. The van der Waals surface area contributed by atoms with Crippen molar-refractivity contribution in [2.24, 2.45) is 0 Å². The van der Waals surface area contributed by atoms with Gasteiger partial charge >= 0.3 is 0 Å². The van der Waals surface area contributed by atoms with Crippen molar-refractivity contribution in [2.45, 2.75) is 13.8 Å². The number of aromatic nitrogens is 6. The molecule has 0 unspecified atom stereocenters. The van der Waals surface area contributed by atoms with E-state index in [4.69, 9.17) is 0 Å². The molecule has 0 aliphatic rings. The predicted octanol–water partition coefficient (Wildman–Crippen LogP) is 0.316. The summed E-state index contributed by atoms with van der Waals surface area (Å²) >= 11 is 0. The van der Waals surface area contributed by atoms with Crippen molar-refractivity contribution in [1.29, 1.82) is 0 Å². The number of rotatable bonds is 5. The number of nitrogens with zero attached hydrogens (tertiary/aromatic N) is 6. The Morgan fingerprint density at radius 1 is 1.06 bits per heavy atom. The van der Waals surface area contributed by atoms with Gasteiger partial charge in [-0.15, -0.1) is 0 Å². The van der Waals surface area contributed by atoms with Crippen LogP contribution in [0.1, 0.15) is 13.8 Å². The summed E-state index contributed by atoms with van der Waals surface area (Å²) in [6.45, 7) is 5.44. The molecule has 0 aromatic carbocycles. The number of hydrogen-bond acceptors (Lipinski definition) is 7. The molecule has 2 heterocycles. The molecule has 2 rings (SSSR count). The van der Waals surface area contributed by atoms with Crippen molar-refractivity contribution in [3.63, 3.8) is 0 Å². The van der Waals surface area contributed by atoms with Crippen molar-refractivity contribution in [1.82, 2.24) is 29.7 Å². The summed E-state index contributed by atoms with van der Waals surface area (Å²) < 4.78 is 1.49. The quantitative estimate of drug-likeness (QED) is 0.769. The van der Waals surface area contributed by atoms with Crippen molar-refractivity contribution in [3.8, 4) is 5.95 Å². The summed E-state index contributed by atoms with van der Waals surface area (Å²) in [5, 5.41) is 10.1. The molecule has 2 aromatic heterocycles. The normalized spacial score (nSPS) is 10.2. The van der Waals surface area contributed by atoms with E-state index in [9.17, 15) is 0 Å². The lowest BCUT2D eigenvalue weighted by molar-refractivity contribution is 0.794. The van der Waals surface area contributed by atoms with Crippen LogP contribution in [0.5, 0.6) is 0 Å². The topological polar surface area (TPSA) is 93.4 Å². The van der Waals surface area contributed by atoms with E-state index >= 15 is 0 Å². The molecule has 90 valence electrons. The van der Waals surface area contributed by atoms with Crippen LogP contribution in [0, 0.1) is 0 Å². The average molecular weight is 234 g/mol. The van der Waals surface area contributed by atoms with Crippen LogP contribution in [0.15, 0.2) is 12.7 Å². The van der Waals surface area contributed by atoms with Gasteiger partial charge in [-0.3, -0.25) is 0 Å². The SMILES string of the molecule is CCNc1nc(NCC)nc(-n2cncn2)n1. The zero-order chi connectivity index (χ0) is 12.1. The fourth-order valence-corrected chi connectivity index (χ4v) is 1.25. The number of nitrogens with one attached hydrogen (secondary N) is 2. The van der Waals surface area contributed by atoms with Crippen LogP contribution in [-0.4, -0.2) is 42.8 Å². The summed E-state index contributed by atoms with van der Waals surface area (Å²) in [7, 11) is 0. The standard InChI is InChI=1S/C9H14N8/c1-3-11-7-14-8(12-4-2)16-9(15-7)17-6-10-5-13-17/h5-6H,3-4H2,1-2H3,(H2,11,12,14,15,16). The third-order valence-electron chi connectivity index (χ3n) is 1.92. The highest BCUT2D eigenvalue weighted by molar-refractivity contribution is 5.37. The van der Waals surface area contributed by atoms with Gasteiger partial charge in [-0.2, -0.15) is 24.7 Å². The second kappa shape index (κ2) is 5.19. The number of hydrogen-bond donors (Lipinski definition) is 2. The van der Waals surface area contributed by atoms with Crippen molar-refractivity contribution in [2.75, 3.05) is 23.7 Å². The molecule has 17 heavy (non-hydrogen) atoms. The highest BCUT2D eigenvalue weighted by Crippen LogP contribution is 2.07. The molecule has 8 heteroatoms. The summed E-state index contributed by atoms with van der Waals surface area (Å²) in [5.74, 6) is 1.47. The summed E-state index contributed by atoms with van der Waals surface area (Å²) in [5.41, 5.74) is 0. The smallest absolute Gasteiger partial charge is 0.258 e. The summed E-state index contributed by atoms with van der Waals surface area (Å²) in [4.78, 5) is 16.5. The molecule has 0 aliphatic heterocycles. The van der Waals surface area contributed by atoms with Crippen LogP contribution in [0.2, 0.25) is 0 Å². The van der Waals surface area contributed by atoms with Gasteiger partial charge in [0.05, 0.1) is 0 Å². The maximum atomic E-state index is 4.23. The van der Waals surface area contributed by atoms with Gasteiger partial charge in [0.25, 0.3) is 5.95 Å². The first-order chi connectivity index (χ1) is 8.33. The highest BCUT2D eigenvalue weighted by atomic mass is 15.4. The zero-order valence-electron chi connectivity index (χ0n) is 9.75. The van der Waals surface area contributed by atoms with Gasteiger partial charge in [-0.05, 0) is 13.8 Å². The Morgan fingerprint density at radius 3 is 2.18 bits per heavy atom. The molecule has 0 fully saturated rings. The van der Waals surface area contributed by atoms with Gasteiger partial charge < -0.3 is 10.6 Å². The minimum atomic E-state index is 0.435. The van der Waals surface area contributed by atoms with Crippen LogP contribution in [0.25, 0.3) is 5.95 Å². The molecule has 2 aromatic rings. The zero-order valence-corrected chi connectivity index (χ0v) is 9.75. The molecule has 2 N–H and O–H groups in total. The molecule has 0 amide bonds. The third kappa shape index (κ3) is 2.65. The van der Waals surface area contributed by atoms with E-state index < -0.39 is 0 Å². The maximum absolute atomic E-state index is 4.23. The van der Waals surface area contributed by atoms with Gasteiger partial charge in [0.1, 0.15) is 12.7 Å². The monoisotopic (exact) mass is 234 g/mol. The minimum Gasteiger partial charge on any atom is -0.354 e. The second-order valence-corrected chi connectivity index (χ2v) is 3.18. The van der Waals surface area contributed by atoms with E-state index in [-0.39, 0.29) is 0 Å². The van der Waals surface area contributed by atoms with E-state index in [1.165, 1.54) is 11.0 Å². The Balaban J connectivity index is 2.37.